The fourth-order valence-electron chi connectivity index (χ4n) is 3.14. The van der Waals surface area contributed by atoms with Crippen LogP contribution in [-0.4, -0.2) is 41.6 Å². The Balaban J connectivity index is 1.45. The summed E-state index contributed by atoms with van der Waals surface area (Å²) in [6, 6.07) is 3.89. The van der Waals surface area contributed by atoms with Gasteiger partial charge in [0, 0.05) is 32.0 Å². The van der Waals surface area contributed by atoms with Crippen molar-refractivity contribution in [2.24, 2.45) is 11.3 Å². The number of rotatable bonds is 5. The first-order valence-electron chi connectivity index (χ1n) is 7.87. The van der Waals surface area contributed by atoms with E-state index in [-0.39, 0.29) is 18.8 Å². The fourth-order valence-corrected chi connectivity index (χ4v) is 3.14. The van der Waals surface area contributed by atoms with Gasteiger partial charge < -0.3 is 5.32 Å². The highest BCUT2D eigenvalue weighted by Gasteiger charge is 2.68. The Morgan fingerprint density at radius 3 is 2.83 bits per heavy atom. The number of likely N-dealkylation sites (tertiary alicyclic amines) is 1. The number of nitrogens with one attached hydrogen (secondary N) is 1. The van der Waals surface area contributed by atoms with E-state index in [1.165, 1.54) is 0 Å². The molecule has 1 saturated heterocycles. The first-order chi connectivity index (χ1) is 10.9. The second-order valence-electron chi connectivity index (χ2n) is 6.54. The summed E-state index contributed by atoms with van der Waals surface area (Å²) in [4.78, 5) is 18.2. The molecule has 1 aromatic heterocycles. The smallest absolute Gasteiger partial charge is 0.355 e. The van der Waals surface area contributed by atoms with Gasteiger partial charge in [0.1, 0.15) is 5.41 Å². The van der Waals surface area contributed by atoms with E-state index in [2.05, 4.69) is 15.2 Å². The van der Waals surface area contributed by atoms with E-state index < -0.39 is 17.5 Å². The summed E-state index contributed by atoms with van der Waals surface area (Å²) in [5.74, 6) is -0.643. The largest absolute Gasteiger partial charge is 0.403 e. The van der Waals surface area contributed by atoms with Crippen LogP contribution in [0, 0.1) is 11.3 Å². The van der Waals surface area contributed by atoms with Crippen molar-refractivity contribution in [2.45, 2.75) is 32.0 Å². The van der Waals surface area contributed by atoms with E-state index in [1.54, 1.807) is 6.20 Å². The van der Waals surface area contributed by atoms with Gasteiger partial charge in [0.25, 0.3) is 0 Å². The van der Waals surface area contributed by atoms with Crippen molar-refractivity contribution in [3.05, 3.63) is 30.1 Å². The highest BCUT2D eigenvalue weighted by molar-refractivity contribution is 5.86. The molecule has 4 nitrogen and oxygen atoms in total. The Labute approximate surface area is 133 Å². The van der Waals surface area contributed by atoms with Gasteiger partial charge in [-0.25, -0.2) is 0 Å². The SMILES string of the molecule is O=C(NC[C@@H]1CCN(Cc2cccnc2)C1)C1(C(F)(F)F)CC1. The summed E-state index contributed by atoms with van der Waals surface area (Å²) in [6.07, 6.45) is -0.172. The molecule has 0 unspecified atom stereocenters. The monoisotopic (exact) mass is 327 g/mol. The Morgan fingerprint density at radius 1 is 1.43 bits per heavy atom. The van der Waals surface area contributed by atoms with Gasteiger partial charge in [-0.15, -0.1) is 0 Å². The fraction of sp³-hybridized carbons (Fsp3) is 0.625. The van der Waals surface area contributed by atoms with Crippen LogP contribution < -0.4 is 5.32 Å². The molecule has 0 radical (unpaired) electrons. The van der Waals surface area contributed by atoms with E-state index in [0.717, 1.165) is 31.6 Å². The first-order valence-corrected chi connectivity index (χ1v) is 7.87. The highest BCUT2D eigenvalue weighted by atomic mass is 19.4. The summed E-state index contributed by atoms with van der Waals surface area (Å²) >= 11 is 0. The van der Waals surface area contributed by atoms with E-state index in [9.17, 15) is 18.0 Å². The number of carbonyl (C=O) groups is 1. The second kappa shape index (κ2) is 6.11. The molecule has 3 rings (SSSR count). The Bertz CT molecular complexity index is 557. The lowest BCUT2D eigenvalue weighted by molar-refractivity contribution is -0.192. The topological polar surface area (TPSA) is 45.2 Å². The molecule has 0 aromatic carbocycles. The number of hydrogen-bond donors (Lipinski definition) is 1. The zero-order valence-electron chi connectivity index (χ0n) is 12.8. The molecule has 1 aromatic rings. The maximum Gasteiger partial charge on any atom is 0.403 e. The number of amides is 1. The molecule has 23 heavy (non-hydrogen) atoms. The Kier molecular flexibility index (Phi) is 4.31. The number of hydrogen-bond acceptors (Lipinski definition) is 3. The van der Waals surface area contributed by atoms with E-state index >= 15 is 0 Å². The molecule has 2 heterocycles. The summed E-state index contributed by atoms with van der Waals surface area (Å²) in [5, 5.41) is 2.52. The molecule has 1 aliphatic heterocycles. The number of aromatic nitrogens is 1. The third kappa shape index (κ3) is 3.49. The summed E-state index contributed by atoms with van der Waals surface area (Å²) in [7, 11) is 0. The minimum atomic E-state index is -4.43. The van der Waals surface area contributed by atoms with Crippen LogP contribution in [0.3, 0.4) is 0 Å². The molecule has 0 bridgehead atoms. The van der Waals surface area contributed by atoms with E-state index in [4.69, 9.17) is 0 Å². The van der Waals surface area contributed by atoms with Crippen LogP contribution in [0.4, 0.5) is 13.2 Å². The number of halogens is 3. The van der Waals surface area contributed by atoms with Crippen LogP contribution in [-0.2, 0) is 11.3 Å². The van der Waals surface area contributed by atoms with E-state index in [1.807, 2.05) is 18.3 Å². The van der Waals surface area contributed by atoms with Crippen molar-refractivity contribution in [3.63, 3.8) is 0 Å². The number of pyridine rings is 1. The lowest BCUT2D eigenvalue weighted by Crippen LogP contribution is -2.43. The first kappa shape index (κ1) is 16.2. The van der Waals surface area contributed by atoms with Gasteiger partial charge in [-0.2, -0.15) is 13.2 Å². The molecule has 7 heteroatoms. The lowest BCUT2D eigenvalue weighted by atomic mass is 10.0. The average Bonchev–Trinajstić information content (AvgIpc) is 3.23. The number of alkyl halides is 3. The number of nitrogens with zero attached hydrogens (tertiary/aromatic N) is 2. The summed E-state index contributed by atoms with van der Waals surface area (Å²) < 4.78 is 38.6. The highest BCUT2D eigenvalue weighted by Crippen LogP contribution is 2.57. The Morgan fingerprint density at radius 2 is 2.22 bits per heavy atom. The molecule has 1 amide bonds. The molecule has 1 N–H and O–H groups in total. The maximum absolute atomic E-state index is 12.9. The summed E-state index contributed by atoms with van der Waals surface area (Å²) in [6.45, 7) is 2.78. The van der Waals surface area contributed by atoms with Gasteiger partial charge >= 0.3 is 6.18 Å². The molecule has 2 aliphatic rings. The predicted molar refractivity (Wildman–Crippen MR) is 78.4 cm³/mol. The minimum absolute atomic E-state index is 0.0832. The van der Waals surface area contributed by atoms with Crippen molar-refractivity contribution >= 4 is 5.91 Å². The van der Waals surface area contributed by atoms with Gasteiger partial charge in [-0.3, -0.25) is 14.7 Å². The van der Waals surface area contributed by atoms with Gasteiger partial charge in [0.2, 0.25) is 5.91 Å². The van der Waals surface area contributed by atoms with Crippen LogP contribution in [0.15, 0.2) is 24.5 Å². The minimum Gasteiger partial charge on any atom is -0.355 e. The van der Waals surface area contributed by atoms with Crippen molar-refractivity contribution in [1.29, 1.82) is 0 Å². The third-order valence-corrected chi connectivity index (χ3v) is 4.78. The second-order valence-corrected chi connectivity index (χ2v) is 6.54. The molecule has 1 aliphatic carbocycles. The van der Waals surface area contributed by atoms with Crippen LogP contribution >= 0.6 is 0 Å². The van der Waals surface area contributed by atoms with Crippen LogP contribution in [0.5, 0.6) is 0 Å². The van der Waals surface area contributed by atoms with Crippen LogP contribution in [0.1, 0.15) is 24.8 Å². The van der Waals surface area contributed by atoms with Crippen molar-refractivity contribution in [1.82, 2.24) is 15.2 Å². The average molecular weight is 327 g/mol. The van der Waals surface area contributed by atoms with Crippen molar-refractivity contribution in [3.8, 4) is 0 Å². The third-order valence-electron chi connectivity index (χ3n) is 4.78. The quantitative estimate of drug-likeness (QED) is 0.903. The predicted octanol–water partition coefficient (Wildman–Crippen LogP) is 2.36. The molecular weight excluding hydrogens is 307 g/mol. The maximum atomic E-state index is 12.9. The normalized spacial score (nSPS) is 23.7. The van der Waals surface area contributed by atoms with E-state index in [0.29, 0.717) is 6.54 Å². The number of carbonyl (C=O) groups excluding carboxylic acids is 1. The zero-order valence-corrected chi connectivity index (χ0v) is 12.8. The molecule has 126 valence electrons. The standard InChI is InChI=1S/C16H20F3N3O/c17-16(18,19)15(4-5-15)14(23)21-9-13-3-7-22(11-13)10-12-2-1-6-20-8-12/h1-2,6,8,13H,3-5,7,9-11H2,(H,21,23)/t13-/m0/s1. The molecule has 1 saturated carbocycles. The summed E-state index contributed by atoms with van der Waals surface area (Å²) in [5.41, 5.74) is -0.993. The van der Waals surface area contributed by atoms with Gasteiger partial charge in [0.05, 0.1) is 0 Å². The van der Waals surface area contributed by atoms with Crippen LogP contribution in [0.25, 0.3) is 0 Å². The van der Waals surface area contributed by atoms with Gasteiger partial charge in [0.15, 0.2) is 0 Å². The molecule has 2 fully saturated rings. The molecule has 0 spiro atoms. The molecular formula is C16H20F3N3O. The zero-order chi connectivity index (χ0) is 16.5. The lowest BCUT2D eigenvalue weighted by Gasteiger charge is -2.20. The van der Waals surface area contributed by atoms with Gasteiger partial charge in [-0.05, 0) is 43.4 Å². The van der Waals surface area contributed by atoms with Crippen molar-refractivity contribution < 1.29 is 18.0 Å². The molecule has 1 atom stereocenters. The Hall–Kier alpha value is -1.63. The van der Waals surface area contributed by atoms with Crippen molar-refractivity contribution in [2.75, 3.05) is 19.6 Å². The van der Waals surface area contributed by atoms with Gasteiger partial charge in [-0.1, -0.05) is 6.07 Å². The van der Waals surface area contributed by atoms with Crippen LogP contribution in [0.2, 0.25) is 0 Å².